The van der Waals surface area contributed by atoms with E-state index in [4.69, 9.17) is 4.74 Å². The third-order valence-electron chi connectivity index (χ3n) is 5.44. The van der Waals surface area contributed by atoms with Gasteiger partial charge in [-0.2, -0.15) is 4.31 Å². The highest BCUT2D eigenvalue weighted by molar-refractivity contribution is 7.91. The molecule has 0 radical (unpaired) electrons. The van der Waals surface area contributed by atoms with Crippen LogP contribution in [-0.4, -0.2) is 67.4 Å². The summed E-state index contributed by atoms with van der Waals surface area (Å²) >= 11 is 1.19. The molecule has 10 heteroatoms. The molecule has 0 spiro atoms. The van der Waals surface area contributed by atoms with Crippen molar-refractivity contribution in [3.8, 4) is 0 Å². The third kappa shape index (κ3) is 6.66. The fraction of sp³-hybridized carbons (Fsp3) is 0.714. The predicted octanol–water partition coefficient (Wildman–Crippen LogP) is 2.98. The van der Waals surface area contributed by atoms with E-state index in [9.17, 15) is 18.0 Å². The third-order valence-corrected chi connectivity index (χ3v) is 8.89. The van der Waals surface area contributed by atoms with Crippen molar-refractivity contribution in [3.05, 3.63) is 17.0 Å². The van der Waals surface area contributed by atoms with E-state index in [-0.39, 0.29) is 18.4 Å². The normalized spacial score (nSPS) is 19.3. The summed E-state index contributed by atoms with van der Waals surface area (Å²) in [6, 6.07) is 3.35. The molecule has 0 unspecified atom stereocenters. The SMILES string of the molecule is CC(C)(C)OC(=O)NC1CCN(C(=O)Cc2ccc(S(=O)(=O)N3CCCCC3)s2)CC1. The number of amides is 2. The first-order valence-electron chi connectivity index (χ1n) is 10.9. The molecule has 2 aliphatic rings. The second kappa shape index (κ2) is 9.87. The Labute approximate surface area is 189 Å². The maximum Gasteiger partial charge on any atom is 0.407 e. The van der Waals surface area contributed by atoms with Crippen molar-refractivity contribution in [3.63, 3.8) is 0 Å². The molecule has 2 fully saturated rings. The molecule has 0 saturated carbocycles. The molecule has 3 rings (SSSR count). The molecule has 0 aliphatic carbocycles. The summed E-state index contributed by atoms with van der Waals surface area (Å²) in [6.07, 6.45) is 3.97. The molecule has 8 nitrogen and oxygen atoms in total. The molecule has 31 heavy (non-hydrogen) atoms. The number of nitrogens with zero attached hydrogens (tertiary/aromatic N) is 2. The van der Waals surface area contributed by atoms with Crippen molar-refractivity contribution >= 4 is 33.4 Å². The first-order chi connectivity index (χ1) is 14.5. The highest BCUT2D eigenvalue weighted by Crippen LogP contribution is 2.28. The minimum absolute atomic E-state index is 0.0121. The lowest BCUT2D eigenvalue weighted by atomic mass is 10.0. The Hall–Kier alpha value is -1.65. The zero-order chi connectivity index (χ0) is 22.6. The molecule has 0 bridgehead atoms. The van der Waals surface area contributed by atoms with Crippen molar-refractivity contribution in [2.45, 2.75) is 75.1 Å². The van der Waals surface area contributed by atoms with Gasteiger partial charge in [0.05, 0.1) is 6.42 Å². The Kier molecular flexibility index (Phi) is 7.64. The molecule has 2 saturated heterocycles. The van der Waals surface area contributed by atoms with Crippen LogP contribution < -0.4 is 5.32 Å². The van der Waals surface area contributed by atoms with Crippen LogP contribution in [0.1, 0.15) is 57.8 Å². The van der Waals surface area contributed by atoms with Crippen LogP contribution in [-0.2, 0) is 26.0 Å². The van der Waals surface area contributed by atoms with Gasteiger partial charge in [0.1, 0.15) is 9.81 Å². The molecule has 174 valence electrons. The molecule has 2 aliphatic heterocycles. The second-order valence-corrected chi connectivity index (χ2v) is 12.5. The lowest BCUT2D eigenvalue weighted by Gasteiger charge is -2.32. The van der Waals surface area contributed by atoms with E-state index in [1.165, 1.54) is 11.3 Å². The van der Waals surface area contributed by atoms with Crippen LogP contribution in [0.5, 0.6) is 0 Å². The van der Waals surface area contributed by atoms with Crippen molar-refractivity contribution in [1.82, 2.24) is 14.5 Å². The zero-order valence-corrected chi connectivity index (χ0v) is 20.2. The number of alkyl carbamates (subject to hydrolysis) is 1. The number of likely N-dealkylation sites (tertiary alicyclic amines) is 1. The Balaban J connectivity index is 1.49. The van der Waals surface area contributed by atoms with Gasteiger partial charge < -0.3 is 15.0 Å². The zero-order valence-electron chi connectivity index (χ0n) is 18.6. The highest BCUT2D eigenvalue weighted by Gasteiger charge is 2.29. The highest BCUT2D eigenvalue weighted by atomic mass is 32.2. The van der Waals surface area contributed by atoms with E-state index in [1.54, 1.807) is 21.3 Å². The lowest BCUT2D eigenvalue weighted by molar-refractivity contribution is -0.131. The number of hydrogen-bond acceptors (Lipinski definition) is 6. The molecule has 0 aromatic carbocycles. The van der Waals surface area contributed by atoms with E-state index in [0.29, 0.717) is 43.2 Å². The molecule has 3 heterocycles. The van der Waals surface area contributed by atoms with Gasteiger partial charge in [-0.15, -0.1) is 11.3 Å². The number of thiophene rings is 1. The van der Waals surface area contributed by atoms with Crippen LogP contribution in [0.4, 0.5) is 4.79 Å². The number of sulfonamides is 1. The van der Waals surface area contributed by atoms with E-state index in [0.717, 1.165) is 24.1 Å². The topological polar surface area (TPSA) is 96.0 Å². The summed E-state index contributed by atoms with van der Waals surface area (Å²) in [4.78, 5) is 27.2. The molecule has 2 amide bonds. The van der Waals surface area contributed by atoms with Crippen molar-refractivity contribution in [2.24, 2.45) is 0 Å². The number of nitrogens with one attached hydrogen (secondary N) is 1. The van der Waals surface area contributed by atoms with Crippen LogP contribution in [0, 0.1) is 0 Å². The molecule has 1 aromatic heterocycles. The number of carbonyl (C=O) groups is 2. The first-order valence-corrected chi connectivity index (χ1v) is 13.2. The minimum atomic E-state index is -3.46. The van der Waals surface area contributed by atoms with Gasteiger partial charge in [0.25, 0.3) is 10.0 Å². The predicted molar refractivity (Wildman–Crippen MR) is 120 cm³/mol. The number of carbonyl (C=O) groups excluding carboxylic acids is 2. The fourth-order valence-electron chi connectivity index (χ4n) is 3.83. The van der Waals surface area contributed by atoms with Gasteiger partial charge in [0, 0.05) is 37.1 Å². The monoisotopic (exact) mass is 471 g/mol. The summed E-state index contributed by atoms with van der Waals surface area (Å²) in [6.45, 7) is 7.72. The number of rotatable bonds is 5. The first kappa shape index (κ1) is 24.0. The maximum absolute atomic E-state index is 12.8. The van der Waals surface area contributed by atoms with Crippen LogP contribution in [0.2, 0.25) is 0 Å². The Bertz CT molecular complexity index is 877. The second-order valence-electron chi connectivity index (χ2n) is 9.16. The van der Waals surface area contributed by atoms with Gasteiger partial charge >= 0.3 is 6.09 Å². The Morgan fingerprint density at radius 2 is 1.74 bits per heavy atom. The van der Waals surface area contributed by atoms with Gasteiger partial charge in [-0.1, -0.05) is 6.42 Å². The fourth-order valence-corrected chi connectivity index (χ4v) is 6.85. The minimum Gasteiger partial charge on any atom is -0.444 e. The van der Waals surface area contributed by atoms with Crippen molar-refractivity contribution < 1.29 is 22.7 Å². The van der Waals surface area contributed by atoms with Gasteiger partial charge in [-0.3, -0.25) is 4.79 Å². The van der Waals surface area contributed by atoms with Gasteiger partial charge in [-0.05, 0) is 58.6 Å². The summed E-state index contributed by atoms with van der Waals surface area (Å²) in [5.74, 6) is -0.0144. The molecular formula is C21H33N3O5S2. The van der Waals surface area contributed by atoms with Crippen LogP contribution in [0.25, 0.3) is 0 Å². The van der Waals surface area contributed by atoms with Crippen molar-refractivity contribution in [2.75, 3.05) is 26.2 Å². The molecule has 1 aromatic rings. The Morgan fingerprint density at radius 1 is 1.10 bits per heavy atom. The molecule has 0 atom stereocenters. The van der Waals surface area contributed by atoms with Gasteiger partial charge in [0.2, 0.25) is 5.91 Å². The standard InChI is InChI=1S/C21H33N3O5S2/c1-21(2,3)29-20(26)22-16-9-13-23(14-10-16)18(25)15-17-7-8-19(30-17)31(27,28)24-11-5-4-6-12-24/h7-8,16H,4-6,9-15H2,1-3H3,(H,22,26). The Morgan fingerprint density at radius 3 is 2.35 bits per heavy atom. The lowest BCUT2D eigenvalue weighted by Crippen LogP contribution is -2.47. The number of piperidine rings is 2. The summed E-state index contributed by atoms with van der Waals surface area (Å²) in [7, 11) is -3.46. The molecular weight excluding hydrogens is 438 g/mol. The molecule has 1 N–H and O–H groups in total. The van der Waals surface area contributed by atoms with E-state index >= 15 is 0 Å². The number of ether oxygens (including phenoxy) is 1. The summed E-state index contributed by atoms with van der Waals surface area (Å²) in [5.41, 5.74) is -0.540. The van der Waals surface area contributed by atoms with E-state index in [1.807, 2.05) is 20.8 Å². The summed E-state index contributed by atoms with van der Waals surface area (Å²) in [5, 5.41) is 2.87. The van der Waals surface area contributed by atoms with Crippen LogP contribution in [0.15, 0.2) is 16.3 Å². The average Bonchev–Trinajstić information content (AvgIpc) is 3.17. The van der Waals surface area contributed by atoms with E-state index < -0.39 is 21.7 Å². The quantitative estimate of drug-likeness (QED) is 0.712. The van der Waals surface area contributed by atoms with Crippen LogP contribution >= 0.6 is 11.3 Å². The number of hydrogen-bond donors (Lipinski definition) is 1. The van der Waals surface area contributed by atoms with Gasteiger partial charge in [-0.25, -0.2) is 13.2 Å². The van der Waals surface area contributed by atoms with Gasteiger partial charge in [0.15, 0.2) is 0 Å². The van der Waals surface area contributed by atoms with Crippen molar-refractivity contribution in [1.29, 1.82) is 0 Å². The maximum atomic E-state index is 12.8. The van der Waals surface area contributed by atoms with E-state index in [2.05, 4.69) is 5.32 Å². The average molecular weight is 472 g/mol. The van der Waals surface area contributed by atoms with Crippen LogP contribution in [0.3, 0.4) is 0 Å². The smallest absolute Gasteiger partial charge is 0.407 e. The largest absolute Gasteiger partial charge is 0.444 e. The summed E-state index contributed by atoms with van der Waals surface area (Å²) < 4.78 is 32.7.